The molecule has 0 atom stereocenters. The van der Waals surface area contributed by atoms with Gasteiger partial charge in [-0.25, -0.2) is 4.39 Å². The number of carbonyl (C=O) groups is 1. The minimum absolute atomic E-state index is 0.0317. The maximum atomic E-state index is 13.1. The van der Waals surface area contributed by atoms with Gasteiger partial charge in [-0.3, -0.25) is 4.79 Å². The summed E-state index contributed by atoms with van der Waals surface area (Å²) < 4.78 is 13.1. The van der Waals surface area contributed by atoms with Crippen LogP contribution in [0.2, 0.25) is 0 Å². The highest BCUT2D eigenvalue weighted by Crippen LogP contribution is 2.25. The number of nitrogens with one attached hydrogen (secondary N) is 1. The number of halogens is 1. The highest BCUT2D eigenvalue weighted by molar-refractivity contribution is 5.93. The van der Waals surface area contributed by atoms with Crippen LogP contribution >= 0.6 is 0 Å². The maximum absolute atomic E-state index is 13.1. The SMILES string of the molecule is Cc1cc2c(cc1F)NC(=O)CC2. The molecule has 2 nitrogen and oxygen atoms in total. The molecule has 0 saturated carbocycles. The van der Waals surface area contributed by atoms with E-state index in [1.807, 2.05) is 0 Å². The van der Waals surface area contributed by atoms with Crippen LogP contribution < -0.4 is 5.32 Å². The Morgan fingerprint density at radius 2 is 2.15 bits per heavy atom. The van der Waals surface area contributed by atoms with Crippen LogP contribution in [0.4, 0.5) is 10.1 Å². The molecule has 0 aromatic heterocycles. The number of fused-ring (bicyclic) bond motifs is 1. The molecule has 0 radical (unpaired) electrons. The third-order valence-corrected chi connectivity index (χ3v) is 2.28. The van der Waals surface area contributed by atoms with Gasteiger partial charge in [0.05, 0.1) is 0 Å². The zero-order chi connectivity index (χ0) is 9.42. The maximum Gasteiger partial charge on any atom is 0.224 e. The third kappa shape index (κ3) is 1.41. The molecule has 1 heterocycles. The second-order valence-corrected chi connectivity index (χ2v) is 3.31. The molecule has 0 spiro atoms. The van der Waals surface area contributed by atoms with E-state index >= 15 is 0 Å². The van der Waals surface area contributed by atoms with Gasteiger partial charge in [0.25, 0.3) is 0 Å². The number of rotatable bonds is 0. The van der Waals surface area contributed by atoms with Crippen molar-refractivity contribution in [1.82, 2.24) is 0 Å². The number of aryl methyl sites for hydroxylation is 2. The summed E-state index contributed by atoms with van der Waals surface area (Å²) in [6.07, 6.45) is 1.21. The van der Waals surface area contributed by atoms with Crippen molar-refractivity contribution >= 4 is 11.6 Å². The Morgan fingerprint density at radius 3 is 2.92 bits per heavy atom. The number of amides is 1. The minimum atomic E-state index is -0.263. The first-order chi connectivity index (χ1) is 6.16. The lowest BCUT2D eigenvalue weighted by molar-refractivity contribution is -0.116. The Kier molecular flexibility index (Phi) is 1.79. The molecule has 0 saturated heterocycles. The summed E-state index contributed by atoms with van der Waals surface area (Å²) in [4.78, 5) is 11.0. The predicted octanol–water partition coefficient (Wildman–Crippen LogP) is 2.02. The van der Waals surface area contributed by atoms with Crippen LogP contribution in [0.3, 0.4) is 0 Å². The molecule has 0 aliphatic carbocycles. The lowest BCUT2D eigenvalue weighted by Crippen LogP contribution is -2.19. The summed E-state index contributed by atoms with van der Waals surface area (Å²) in [5, 5.41) is 2.65. The molecular formula is C10H10FNO. The molecule has 2 rings (SSSR count). The van der Waals surface area contributed by atoms with Gasteiger partial charge in [-0.05, 0) is 30.5 Å². The van der Waals surface area contributed by atoms with E-state index < -0.39 is 0 Å². The van der Waals surface area contributed by atoms with Crippen molar-refractivity contribution in [3.63, 3.8) is 0 Å². The Hall–Kier alpha value is -1.38. The topological polar surface area (TPSA) is 29.1 Å². The number of hydrogen-bond donors (Lipinski definition) is 1. The fourth-order valence-electron chi connectivity index (χ4n) is 1.53. The molecule has 0 bridgehead atoms. The Balaban J connectivity index is 2.49. The van der Waals surface area contributed by atoms with E-state index in [1.54, 1.807) is 13.0 Å². The van der Waals surface area contributed by atoms with Gasteiger partial charge in [-0.1, -0.05) is 6.07 Å². The van der Waals surface area contributed by atoms with Crippen LogP contribution in [-0.2, 0) is 11.2 Å². The second-order valence-electron chi connectivity index (χ2n) is 3.31. The number of hydrogen-bond acceptors (Lipinski definition) is 1. The van der Waals surface area contributed by atoms with Gasteiger partial charge in [0.15, 0.2) is 0 Å². The van der Waals surface area contributed by atoms with Crippen molar-refractivity contribution in [2.75, 3.05) is 5.32 Å². The molecule has 68 valence electrons. The molecule has 0 unspecified atom stereocenters. The van der Waals surface area contributed by atoms with E-state index in [-0.39, 0.29) is 11.7 Å². The third-order valence-electron chi connectivity index (χ3n) is 2.28. The van der Waals surface area contributed by atoms with Gasteiger partial charge >= 0.3 is 0 Å². The summed E-state index contributed by atoms with van der Waals surface area (Å²) in [5.41, 5.74) is 2.28. The van der Waals surface area contributed by atoms with Crippen molar-refractivity contribution in [3.8, 4) is 0 Å². The minimum Gasteiger partial charge on any atom is -0.326 e. The normalized spacial score (nSPS) is 15.1. The molecular weight excluding hydrogens is 169 g/mol. The summed E-state index contributed by atoms with van der Waals surface area (Å²) >= 11 is 0. The summed E-state index contributed by atoms with van der Waals surface area (Å²) in [6.45, 7) is 1.73. The van der Waals surface area contributed by atoms with Crippen molar-refractivity contribution in [2.45, 2.75) is 19.8 Å². The lowest BCUT2D eigenvalue weighted by Gasteiger charge is -2.17. The Morgan fingerprint density at radius 1 is 1.38 bits per heavy atom. The summed E-state index contributed by atoms with van der Waals surface area (Å²) in [6, 6.07) is 3.19. The van der Waals surface area contributed by atoms with Crippen LogP contribution in [-0.4, -0.2) is 5.91 Å². The monoisotopic (exact) mass is 179 g/mol. The standard InChI is InChI=1S/C10H10FNO/c1-6-4-7-2-3-10(13)12-9(7)5-8(6)11/h4-5H,2-3H2,1H3,(H,12,13). The zero-order valence-electron chi connectivity index (χ0n) is 7.36. The van der Waals surface area contributed by atoms with Crippen molar-refractivity contribution < 1.29 is 9.18 Å². The molecule has 1 aromatic carbocycles. The van der Waals surface area contributed by atoms with Gasteiger partial charge in [0.2, 0.25) is 5.91 Å². The quantitative estimate of drug-likeness (QED) is 0.648. The molecule has 13 heavy (non-hydrogen) atoms. The number of benzene rings is 1. The van der Waals surface area contributed by atoms with Crippen molar-refractivity contribution in [2.24, 2.45) is 0 Å². The van der Waals surface area contributed by atoms with E-state index in [0.29, 0.717) is 24.1 Å². The van der Waals surface area contributed by atoms with Gasteiger partial charge in [0.1, 0.15) is 5.82 Å². The lowest BCUT2D eigenvalue weighted by atomic mass is 10.0. The first-order valence-electron chi connectivity index (χ1n) is 4.25. The van der Waals surface area contributed by atoms with Crippen LogP contribution in [0, 0.1) is 12.7 Å². The average molecular weight is 179 g/mol. The summed E-state index contributed by atoms with van der Waals surface area (Å²) in [7, 11) is 0. The Bertz CT molecular complexity index is 373. The molecule has 1 aromatic rings. The molecule has 0 fully saturated rings. The molecule has 3 heteroatoms. The first kappa shape index (κ1) is 8.23. The van der Waals surface area contributed by atoms with E-state index in [1.165, 1.54) is 6.07 Å². The number of anilines is 1. The van der Waals surface area contributed by atoms with Crippen LogP contribution in [0.25, 0.3) is 0 Å². The predicted molar refractivity (Wildman–Crippen MR) is 48.1 cm³/mol. The highest BCUT2D eigenvalue weighted by Gasteiger charge is 2.15. The fraction of sp³-hybridized carbons (Fsp3) is 0.300. The first-order valence-corrected chi connectivity index (χ1v) is 4.25. The van der Waals surface area contributed by atoms with E-state index in [0.717, 1.165) is 5.56 Å². The molecule has 1 aliphatic heterocycles. The molecule has 1 N–H and O–H groups in total. The second kappa shape index (κ2) is 2.83. The fourth-order valence-corrected chi connectivity index (χ4v) is 1.53. The zero-order valence-corrected chi connectivity index (χ0v) is 7.36. The van der Waals surface area contributed by atoms with Crippen LogP contribution in [0.1, 0.15) is 17.5 Å². The van der Waals surface area contributed by atoms with E-state index in [2.05, 4.69) is 5.32 Å². The largest absolute Gasteiger partial charge is 0.326 e. The van der Waals surface area contributed by atoms with Crippen LogP contribution in [0.5, 0.6) is 0 Å². The van der Waals surface area contributed by atoms with Gasteiger partial charge < -0.3 is 5.32 Å². The van der Waals surface area contributed by atoms with Crippen molar-refractivity contribution in [3.05, 3.63) is 29.1 Å². The van der Waals surface area contributed by atoms with Gasteiger partial charge in [-0.2, -0.15) is 0 Å². The van der Waals surface area contributed by atoms with Gasteiger partial charge in [0, 0.05) is 12.1 Å². The molecule has 1 aliphatic rings. The van der Waals surface area contributed by atoms with Crippen LogP contribution in [0.15, 0.2) is 12.1 Å². The highest BCUT2D eigenvalue weighted by atomic mass is 19.1. The summed E-state index contributed by atoms with van der Waals surface area (Å²) in [5.74, 6) is -0.295. The Labute approximate surface area is 75.8 Å². The smallest absolute Gasteiger partial charge is 0.224 e. The van der Waals surface area contributed by atoms with E-state index in [9.17, 15) is 9.18 Å². The number of carbonyl (C=O) groups excluding carboxylic acids is 1. The average Bonchev–Trinajstić information content (AvgIpc) is 2.08. The van der Waals surface area contributed by atoms with Crippen molar-refractivity contribution in [1.29, 1.82) is 0 Å². The molecule has 1 amide bonds. The van der Waals surface area contributed by atoms with Gasteiger partial charge in [-0.15, -0.1) is 0 Å². The van der Waals surface area contributed by atoms with E-state index in [4.69, 9.17) is 0 Å².